The Morgan fingerprint density at radius 1 is 1.38 bits per heavy atom. The van der Waals surface area contributed by atoms with Gasteiger partial charge in [0.1, 0.15) is 12.4 Å². The maximum absolute atomic E-state index is 12.4. The van der Waals surface area contributed by atoms with Crippen LogP contribution < -0.4 is 10.1 Å². The van der Waals surface area contributed by atoms with Crippen LogP contribution in [-0.4, -0.2) is 56.7 Å². The van der Waals surface area contributed by atoms with E-state index in [4.69, 9.17) is 9.47 Å². The first-order valence-corrected chi connectivity index (χ1v) is 8.42. The molecule has 0 spiro atoms. The van der Waals surface area contributed by atoms with E-state index in [1.165, 1.54) is 0 Å². The van der Waals surface area contributed by atoms with Crippen molar-refractivity contribution in [3.05, 3.63) is 29.8 Å². The molecular formula is C18H24N2O4. The van der Waals surface area contributed by atoms with E-state index in [-0.39, 0.29) is 23.7 Å². The number of likely N-dealkylation sites (tertiary alicyclic amines) is 1. The highest BCUT2D eigenvalue weighted by Gasteiger charge is 2.31. The Morgan fingerprint density at radius 3 is 3.04 bits per heavy atom. The SMILES string of the molecule is COCCN1C[C@H](CNC(=O)[C@@H]2COc3ccccc3C2)CC1=O. The Hall–Kier alpha value is -2.08. The molecule has 0 saturated carbocycles. The molecule has 0 bridgehead atoms. The summed E-state index contributed by atoms with van der Waals surface area (Å²) in [5.41, 5.74) is 1.07. The lowest BCUT2D eigenvalue weighted by Crippen LogP contribution is -2.40. The quantitative estimate of drug-likeness (QED) is 0.839. The first kappa shape index (κ1) is 16.8. The van der Waals surface area contributed by atoms with Crippen LogP contribution in [0.3, 0.4) is 0 Å². The number of rotatable bonds is 6. The molecule has 2 aliphatic heterocycles. The first-order valence-electron chi connectivity index (χ1n) is 8.42. The van der Waals surface area contributed by atoms with Gasteiger partial charge < -0.3 is 19.7 Å². The average Bonchev–Trinajstić information content (AvgIpc) is 2.97. The Balaban J connectivity index is 1.46. The average molecular weight is 332 g/mol. The molecule has 1 fully saturated rings. The van der Waals surface area contributed by atoms with E-state index in [0.717, 1.165) is 11.3 Å². The lowest BCUT2D eigenvalue weighted by atomic mass is 9.96. The van der Waals surface area contributed by atoms with Gasteiger partial charge in [0, 0.05) is 39.1 Å². The molecule has 0 aliphatic carbocycles. The molecule has 130 valence electrons. The van der Waals surface area contributed by atoms with Crippen LogP contribution >= 0.6 is 0 Å². The lowest BCUT2D eigenvalue weighted by molar-refractivity contribution is -0.128. The van der Waals surface area contributed by atoms with Crippen LogP contribution in [0.2, 0.25) is 0 Å². The van der Waals surface area contributed by atoms with Gasteiger partial charge in [-0.1, -0.05) is 18.2 Å². The number of fused-ring (bicyclic) bond motifs is 1. The van der Waals surface area contributed by atoms with Crippen molar-refractivity contribution in [2.75, 3.05) is 40.0 Å². The summed E-state index contributed by atoms with van der Waals surface area (Å²) >= 11 is 0. The van der Waals surface area contributed by atoms with E-state index in [1.54, 1.807) is 12.0 Å². The van der Waals surface area contributed by atoms with Crippen LogP contribution in [-0.2, 0) is 20.7 Å². The number of benzene rings is 1. The summed E-state index contributed by atoms with van der Waals surface area (Å²) in [6.07, 6.45) is 1.19. The molecule has 0 unspecified atom stereocenters. The summed E-state index contributed by atoms with van der Waals surface area (Å²) < 4.78 is 10.7. The van der Waals surface area contributed by atoms with E-state index in [0.29, 0.717) is 45.7 Å². The number of para-hydroxylation sites is 1. The van der Waals surface area contributed by atoms with Crippen molar-refractivity contribution in [1.82, 2.24) is 10.2 Å². The van der Waals surface area contributed by atoms with Gasteiger partial charge in [0.15, 0.2) is 0 Å². The van der Waals surface area contributed by atoms with Crippen LogP contribution in [0.1, 0.15) is 12.0 Å². The molecule has 1 saturated heterocycles. The predicted octanol–water partition coefficient (Wildman–Crippen LogP) is 0.849. The number of ether oxygens (including phenoxy) is 2. The topological polar surface area (TPSA) is 67.9 Å². The molecule has 2 amide bonds. The fourth-order valence-electron chi connectivity index (χ4n) is 3.29. The molecule has 1 N–H and O–H groups in total. The highest BCUT2D eigenvalue weighted by Crippen LogP contribution is 2.27. The van der Waals surface area contributed by atoms with E-state index in [9.17, 15) is 9.59 Å². The zero-order valence-electron chi connectivity index (χ0n) is 14.0. The normalized spacial score (nSPS) is 22.9. The van der Waals surface area contributed by atoms with Crippen LogP contribution in [0.15, 0.2) is 24.3 Å². The molecule has 2 heterocycles. The zero-order chi connectivity index (χ0) is 16.9. The minimum Gasteiger partial charge on any atom is -0.492 e. The standard InChI is InChI=1S/C18H24N2O4/c1-23-7-6-20-11-13(8-17(20)21)10-19-18(22)15-9-14-4-2-3-5-16(14)24-12-15/h2-5,13,15H,6-12H2,1H3,(H,19,22)/t13-,15-/m0/s1. The number of methoxy groups -OCH3 is 1. The highest BCUT2D eigenvalue weighted by atomic mass is 16.5. The van der Waals surface area contributed by atoms with Gasteiger partial charge >= 0.3 is 0 Å². The second-order valence-corrected chi connectivity index (χ2v) is 6.47. The van der Waals surface area contributed by atoms with Crippen molar-refractivity contribution < 1.29 is 19.1 Å². The van der Waals surface area contributed by atoms with Crippen molar-refractivity contribution >= 4 is 11.8 Å². The fourth-order valence-corrected chi connectivity index (χ4v) is 3.29. The molecule has 24 heavy (non-hydrogen) atoms. The van der Waals surface area contributed by atoms with E-state index < -0.39 is 0 Å². The van der Waals surface area contributed by atoms with Gasteiger partial charge in [-0.3, -0.25) is 9.59 Å². The summed E-state index contributed by atoms with van der Waals surface area (Å²) in [6, 6.07) is 7.83. The lowest BCUT2D eigenvalue weighted by Gasteiger charge is -2.25. The minimum atomic E-state index is -0.165. The first-order chi connectivity index (χ1) is 11.7. The van der Waals surface area contributed by atoms with Crippen molar-refractivity contribution in [2.24, 2.45) is 11.8 Å². The molecule has 0 radical (unpaired) electrons. The second-order valence-electron chi connectivity index (χ2n) is 6.47. The van der Waals surface area contributed by atoms with Gasteiger partial charge in [0.25, 0.3) is 0 Å². The highest BCUT2D eigenvalue weighted by molar-refractivity contribution is 5.80. The Morgan fingerprint density at radius 2 is 2.21 bits per heavy atom. The fraction of sp³-hybridized carbons (Fsp3) is 0.556. The predicted molar refractivity (Wildman–Crippen MR) is 88.7 cm³/mol. The summed E-state index contributed by atoms with van der Waals surface area (Å²) in [5.74, 6) is 1.03. The molecule has 1 aromatic rings. The van der Waals surface area contributed by atoms with E-state index >= 15 is 0 Å². The van der Waals surface area contributed by atoms with E-state index in [1.807, 2.05) is 24.3 Å². The largest absolute Gasteiger partial charge is 0.492 e. The van der Waals surface area contributed by atoms with Gasteiger partial charge in [-0.15, -0.1) is 0 Å². The van der Waals surface area contributed by atoms with Gasteiger partial charge in [-0.25, -0.2) is 0 Å². The summed E-state index contributed by atoms with van der Waals surface area (Å²) in [4.78, 5) is 26.1. The monoisotopic (exact) mass is 332 g/mol. The van der Waals surface area contributed by atoms with Gasteiger partial charge in [-0.2, -0.15) is 0 Å². The van der Waals surface area contributed by atoms with Crippen LogP contribution in [0.5, 0.6) is 5.75 Å². The number of amides is 2. The summed E-state index contributed by atoms with van der Waals surface area (Å²) in [5, 5.41) is 2.99. The molecule has 6 heteroatoms. The molecule has 1 aromatic carbocycles. The van der Waals surface area contributed by atoms with E-state index in [2.05, 4.69) is 5.32 Å². The van der Waals surface area contributed by atoms with Crippen LogP contribution in [0, 0.1) is 11.8 Å². The summed E-state index contributed by atoms with van der Waals surface area (Å²) in [7, 11) is 1.63. The maximum atomic E-state index is 12.4. The van der Waals surface area contributed by atoms with Gasteiger partial charge in [-0.05, 0) is 18.1 Å². The van der Waals surface area contributed by atoms with Crippen molar-refractivity contribution in [2.45, 2.75) is 12.8 Å². The van der Waals surface area contributed by atoms with Crippen LogP contribution in [0.25, 0.3) is 0 Å². The molecule has 3 rings (SSSR count). The number of hydrogen-bond donors (Lipinski definition) is 1. The second kappa shape index (κ2) is 7.66. The Kier molecular flexibility index (Phi) is 5.35. The Bertz CT molecular complexity index is 604. The van der Waals surface area contributed by atoms with Crippen molar-refractivity contribution in [3.8, 4) is 5.75 Å². The number of carbonyl (C=O) groups excluding carboxylic acids is 2. The van der Waals surface area contributed by atoms with Crippen LogP contribution in [0.4, 0.5) is 0 Å². The third-order valence-corrected chi connectivity index (χ3v) is 4.67. The molecule has 6 nitrogen and oxygen atoms in total. The van der Waals surface area contributed by atoms with Gasteiger partial charge in [0.2, 0.25) is 11.8 Å². The number of nitrogens with one attached hydrogen (secondary N) is 1. The molecular weight excluding hydrogens is 308 g/mol. The number of nitrogens with zero attached hydrogens (tertiary/aromatic N) is 1. The molecule has 0 aromatic heterocycles. The third-order valence-electron chi connectivity index (χ3n) is 4.67. The van der Waals surface area contributed by atoms with Gasteiger partial charge in [0.05, 0.1) is 12.5 Å². The minimum absolute atomic E-state index is 0.00675. The summed E-state index contributed by atoms with van der Waals surface area (Å²) in [6.45, 7) is 2.79. The number of hydrogen-bond acceptors (Lipinski definition) is 4. The van der Waals surface area contributed by atoms with Crippen molar-refractivity contribution in [1.29, 1.82) is 0 Å². The zero-order valence-corrected chi connectivity index (χ0v) is 14.0. The molecule has 2 aliphatic rings. The Labute approximate surface area is 142 Å². The van der Waals surface area contributed by atoms with Crippen molar-refractivity contribution in [3.63, 3.8) is 0 Å². The number of carbonyl (C=O) groups is 2. The maximum Gasteiger partial charge on any atom is 0.226 e. The smallest absolute Gasteiger partial charge is 0.226 e. The third kappa shape index (κ3) is 3.87. The molecule has 2 atom stereocenters.